The Kier molecular flexibility index (Phi) is 6.71. The molecule has 40 heavy (non-hydrogen) atoms. The van der Waals surface area contributed by atoms with E-state index in [9.17, 15) is 14.0 Å². The Morgan fingerprint density at radius 3 is 2.52 bits per heavy atom. The first kappa shape index (κ1) is 25.6. The Morgan fingerprint density at radius 2 is 1.80 bits per heavy atom. The number of nitrogens with one attached hydrogen (secondary N) is 1. The first-order chi connectivity index (χ1) is 19.4. The summed E-state index contributed by atoms with van der Waals surface area (Å²) in [5, 5.41) is 7.78. The van der Waals surface area contributed by atoms with E-state index in [-0.39, 0.29) is 35.1 Å². The molecule has 8 nitrogen and oxygen atoms in total. The van der Waals surface area contributed by atoms with Crippen molar-refractivity contribution < 1.29 is 14.0 Å². The van der Waals surface area contributed by atoms with Crippen molar-refractivity contribution in [3.63, 3.8) is 0 Å². The number of hydrogen-bond donors (Lipinski definition) is 2. The van der Waals surface area contributed by atoms with Gasteiger partial charge in [0.1, 0.15) is 5.82 Å². The zero-order chi connectivity index (χ0) is 27.8. The molecule has 3 N–H and O–H groups in total. The Balaban J connectivity index is 1.28. The molecule has 0 spiro atoms. The Labute approximate surface area is 231 Å². The summed E-state index contributed by atoms with van der Waals surface area (Å²) in [5.41, 5.74) is 12.2. The number of carbonyl (C=O) groups excluding carboxylic acids is 2. The Bertz CT molecular complexity index is 1610. The van der Waals surface area contributed by atoms with E-state index < -0.39 is 11.8 Å². The number of nitrogens with two attached hydrogens (primary N) is 1. The van der Waals surface area contributed by atoms with Crippen LogP contribution in [0.4, 0.5) is 4.39 Å². The van der Waals surface area contributed by atoms with Crippen molar-refractivity contribution in [3.05, 3.63) is 118 Å². The molecule has 6 rings (SSSR count). The lowest BCUT2D eigenvalue weighted by Gasteiger charge is -2.30. The molecule has 0 aliphatic heterocycles. The number of primary amides is 1. The number of halogens is 1. The van der Waals surface area contributed by atoms with Gasteiger partial charge in [-0.15, -0.1) is 0 Å². The molecule has 3 atom stereocenters. The molecule has 2 aromatic carbocycles. The van der Waals surface area contributed by atoms with Crippen LogP contribution in [0.3, 0.4) is 0 Å². The lowest BCUT2D eigenvalue weighted by Crippen LogP contribution is -2.33. The van der Waals surface area contributed by atoms with E-state index in [0.29, 0.717) is 6.42 Å². The summed E-state index contributed by atoms with van der Waals surface area (Å²) in [5.74, 6) is -1.12. The van der Waals surface area contributed by atoms with Gasteiger partial charge in [-0.3, -0.25) is 9.59 Å². The van der Waals surface area contributed by atoms with Crippen molar-refractivity contribution in [2.75, 3.05) is 0 Å². The second-order valence-electron chi connectivity index (χ2n) is 10.4. The minimum absolute atomic E-state index is 0.0776. The van der Waals surface area contributed by atoms with E-state index in [1.54, 1.807) is 12.1 Å². The van der Waals surface area contributed by atoms with Gasteiger partial charge in [0.2, 0.25) is 0 Å². The fourth-order valence-corrected chi connectivity index (χ4v) is 6.29. The lowest BCUT2D eigenvalue weighted by molar-refractivity contribution is 0.0910. The summed E-state index contributed by atoms with van der Waals surface area (Å²) in [6.07, 6.45) is 8.11. The molecule has 202 valence electrons. The first-order valence-corrected chi connectivity index (χ1v) is 13.4. The highest BCUT2D eigenvalue weighted by molar-refractivity contribution is 6.04. The number of fused-ring (bicyclic) bond motifs is 1. The van der Waals surface area contributed by atoms with Gasteiger partial charge in [0, 0.05) is 30.3 Å². The summed E-state index contributed by atoms with van der Waals surface area (Å²) in [7, 11) is 0. The van der Waals surface area contributed by atoms with Crippen LogP contribution in [-0.2, 0) is 6.42 Å². The fourth-order valence-electron chi connectivity index (χ4n) is 6.29. The lowest BCUT2D eigenvalue weighted by atomic mass is 9.77. The number of hydrogen-bond acceptors (Lipinski definition) is 5. The molecule has 9 heteroatoms. The average molecular weight is 537 g/mol. The van der Waals surface area contributed by atoms with Crippen LogP contribution in [0, 0.1) is 11.7 Å². The Morgan fingerprint density at radius 1 is 1.07 bits per heavy atom. The van der Waals surface area contributed by atoms with Crippen LogP contribution < -0.4 is 11.1 Å². The van der Waals surface area contributed by atoms with E-state index in [4.69, 9.17) is 5.73 Å². The zero-order valence-corrected chi connectivity index (χ0v) is 22.0. The van der Waals surface area contributed by atoms with Crippen molar-refractivity contribution in [2.24, 2.45) is 11.7 Å². The van der Waals surface area contributed by atoms with Gasteiger partial charge in [0.25, 0.3) is 11.8 Å². The molecule has 2 amide bonds. The largest absolute Gasteiger partial charge is 0.364 e. The van der Waals surface area contributed by atoms with Crippen LogP contribution in [0.2, 0.25) is 0 Å². The summed E-state index contributed by atoms with van der Waals surface area (Å²) in [4.78, 5) is 33.3. The van der Waals surface area contributed by atoms with Gasteiger partial charge in [0.15, 0.2) is 11.4 Å². The number of benzene rings is 2. The molecule has 2 heterocycles. The van der Waals surface area contributed by atoms with Gasteiger partial charge >= 0.3 is 0 Å². The third kappa shape index (κ3) is 4.68. The van der Waals surface area contributed by atoms with Gasteiger partial charge in [0.05, 0.1) is 23.6 Å². The van der Waals surface area contributed by atoms with Crippen LogP contribution in [0.15, 0.2) is 84.3 Å². The van der Waals surface area contributed by atoms with Gasteiger partial charge in [-0.25, -0.2) is 19.0 Å². The van der Waals surface area contributed by atoms with Gasteiger partial charge in [-0.05, 0) is 55.0 Å². The van der Waals surface area contributed by atoms with E-state index in [1.807, 2.05) is 41.2 Å². The fraction of sp³-hybridized carbons (Fsp3) is 0.258. The van der Waals surface area contributed by atoms with Crippen LogP contribution >= 0.6 is 0 Å². The summed E-state index contributed by atoms with van der Waals surface area (Å²) < 4.78 is 15.4. The van der Waals surface area contributed by atoms with Crippen LogP contribution in [0.5, 0.6) is 0 Å². The number of amides is 2. The quantitative estimate of drug-likeness (QED) is 0.328. The van der Waals surface area contributed by atoms with Gasteiger partial charge in [-0.2, -0.15) is 5.10 Å². The molecule has 0 saturated carbocycles. The second kappa shape index (κ2) is 10.5. The summed E-state index contributed by atoms with van der Waals surface area (Å²) in [6.45, 7) is 2.22. The second-order valence-corrected chi connectivity index (χ2v) is 10.4. The minimum atomic E-state index is -0.798. The van der Waals surface area contributed by atoms with Gasteiger partial charge in [-0.1, -0.05) is 48.4 Å². The molecule has 0 bridgehead atoms. The SMILES string of the molecule is C[C@@H]1C2=C(CC[C@@H]2CC(NC(=O)c2nccnc2C(N)=O)c2ccccc2)Cc2c1cnn2-c1ccc(F)cc1. The van der Waals surface area contributed by atoms with E-state index >= 15 is 0 Å². The highest BCUT2D eigenvalue weighted by atomic mass is 19.1. The van der Waals surface area contributed by atoms with E-state index in [0.717, 1.165) is 36.2 Å². The molecular weight excluding hydrogens is 507 g/mol. The Hall–Kier alpha value is -4.66. The van der Waals surface area contributed by atoms with Crippen molar-refractivity contribution in [2.45, 2.75) is 44.6 Å². The number of carbonyl (C=O) groups is 2. The molecule has 2 aliphatic rings. The normalized spacial score (nSPS) is 18.6. The predicted octanol–water partition coefficient (Wildman–Crippen LogP) is 4.83. The first-order valence-electron chi connectivity index (χ1n) is 13.4. The molecule has 0 fully saturated rings. The minimum Gasteiger partial charge on any atom is -0.364 e. The third-order valence-electron chi connectivity index (χ3n) is 8.10. The number of nitrogens with zero attached hydrogens (tertiary/aromatic N) is 4. The van der Waals surface area contributed by atoms with Crippen molar-refractivity contribution in [1.82, 2.24) is 25.1 Å². The molecular formula is C31H29FN6O2. The molecule has 2 aromatic heterocycles. The highest BCUT2D eigenvalue weighted by Crippen LogP contribution is 2.49. The molecule has 1 unspecified atom stereocenters. The predicted molar refractivity (Wildman–Crippen MR) is 147 cm³/mol. The standard InChI is InChI=1S/C31H29FN6O2/c1-18-24-17-36-38(23-11-9-22(32)10-12-23)26(24)16-21-8-7-20(27(18)21)15-25(19-5-3-2-4-6-19)37-31(40)29-28(30(33)39)34-13-14-35-29/h2-6,9-14,17-18,20,25H,7-8,15-16H2,1H3,(H2,33,39)(H,37,40)/t18-,20+,25?/m0/s1. The number of rotatable bonds is 7. The van der Waals surface area contributed by atoms with Crippen molar-refractivity contribution in [3.8, 4) is 5.69 Å². The van der Waals surface area contributed by atoms with Crippen LogP contribution in [0.1, 0.15) is 75.9 Å². The molecule has 4 aromatic rings. The van der Waals surface area contributed by atoms with E-state index in [2.05, 4.69) is 27.3 Å². The maximum absolute atomic E-state index is 13.5. The third-order valence-corrected chi connectivity index (χ3v) is 8.10. The van der Waals surface area contributed by atoms with Crippen molar-refractivity contribution >= 4 is 11.8 Å². The maximum Gasteiger partial charge on any atom is 0.272 e. The molecule has 0 saturated heterocycles. The topological polar surface area (TPSA) is 116 Å². The highest BCUT2D eigenvalue weighted by Gasteiger charge is 2.37. The molecule has 2 aliphatic carbocycles. The van der Waals surface area contributed by atoms with Crippen LogP contribution in [-0.4, -0.2) is 31.6 Å². The molecule has 0 radical (unpaired) electrons. The van der Waals surface area contributed by atoms with E-state index in [1.165, 1.54) is 41.2 Å². The average Bonchev–Trinajstić information content (AvgIpc) is 3.58. The van der Waals surface area contributed by atoms with Crippen molar-refractivity contribution in [1.29, 1.82) is 0 Å². The van der Waals surface area contributed by atoms with Gasteiger partial charge < -0.3 is 11.1 Å². The maximum atomic E-state index is 13.5. The van der Waals surface area contributed by atoms with Crippen LogP contribution in [0.25, 0.3) is 5.69 Å². The summed E-state index contributed by atoms with van der Waals surface area (Å²) in [6, 6.07) is 15.9. The monoisotopic (exact) mass is 536 g/mol. The number of allylic oxidation sites excluding steroid dienone is 2. The summed E-state index contributed by atoms with van der Waals surface area (Å²) >= 11 is 0. The smallest absolute Gasteiger partial charge is 0.272 e. The zero-order valence-electron chi connectivity index (χ0n) is 22.0. The number of aromatic nitrogens is 4.